The number of rotatable bonds is 5. The lowest BCUT2D eigenvalue weighted by Crippen LogP contribution is -2.46. The summed E-state index contributed by atoms with van der Waals surface area (Å²) in [4.78, 5) is 12.2. The normalized spacial score (nSPS) is 27.0. The number of nitrogens with zero attached hydrogens (tertiary/aromatic N) is 1. The fourth-order valence-corrected chi connectivity index (χ4v) is 2.64. The van der Waals surface area contributed by atoms with Crippen molar-refractivity contribution in [3.05, 3.63) is 0 Å². The van der Waals surface area contributed by atoms with Gasteiger partial charge in [0.05, 0.1) is 0 Å². The van der Waals surface area contributed by atoms with Crippen LogP contribution in [0.3, 0.4) is 0 Å². The molecule has 0 aliphatic heterocycles. The fraction of sp³-hybridized carbons (Fsp3) is 0.833. The molecule has 3 aliphatic carbocycles. The molecule has 4 N–H and O–H groups in total. The molecule has 0 unspecified atom stereocenters. The Hall–Kier alpha value is -1.26. The SMILES string of the molecule is NC(=NO)C1(C(=O)NC(C2CC2)C2CC2)CC1. The van der Waals surface area contributed by atoms with Crippen molar-refractivity contribution in [1.29, 1.82) is 0 Å². The summed E-state index contributed by atoms with van der Waals surface area (Å²) in [5, 5.41) is 14.9. The molecular formula is C12H19N3O2. The number of hydrogen-bond acceptors (Lipinski definition) is 3. The Bertz CT molecular complexity index is 356. The van der Waals surface area contributed by atoms with Gasteiger partial charge in [-0.3, -0.25) is 4.79 Å². The Morgan fingerprint density at radius 3 is 2.18 bits per heavy atom. The zero-order valence-electron chi connectivity index (χ0n) is 9.85. The Balaban J connectivity index is 1.66. The number of oxime groups is 1. The summed E-state index contributed by atoms with van der Waals surface area (Å²) in [6, 6.07) is 0.339. The molecule has 17 heavy (non-hydrogen) atoms. The Labute approximate surface area is 100 Å². The summed E-state index contributed by atoms with van der Waals surface area (Å²) in [6.45, 7) is 0. The van der Waals surface area contributed by atoms with Crippen molar-refractivity contribution in [3.63, 3.8) is 0 Å². The van der Waals surface area contributed by atoms with Gasteiger partial charge in [0.15, 0.2) is 5.84 Å². The maximum atomic E-state index is 12.2. The van der Waals surface area contributed by atoms with Crippen LogP contribution in [-0.4, -0.2) is 23.0 Å². The Morgan fingerprint density at radius 1 is 1.29 bits per heavy atom. The van der Waals surface area contributed by atoms with E-state index in [1.54, 1.807) is 0 Å². The third kappa shape index (κ3) is 1.87. The van der Waals surface area contributed by atoms with Gasteiger partial charge in [-0.1, -0.05) is 5.16 Å². The lowest BCUT2D eigenvalue weighted by atomic mass is 10.0. The second-order valence-corrected chi connectivity index (χ2v) is 5.74. The van der Waals surface area contributed by atoms with E-state index in [4.69, 9.17) is 10.9 Å². The predicted octanol–water partition coefficient (Wildman–Crippen LogP) is 0.818. The third-order valence-electron chi connectivity index (χ3n) is 4.34. The number of nitrogens with two attached hydrogens (primary N) is 1. The van der Waals surface area contributed by atoms with Crippen LogP contribution >= 0.6 is 0 Å². The molecule has 0 aromatic carbocycles. The smallest absolute Gasteiger partial charge is 0.234 e. The van der Waals surface area contributed by atoms with Crippen molar-refractivity contribution < 1.29 is 10.0 Å². The highest BCUT2D eigenvalue weighted by atomic mass is 16.4. The van der Waals surface area contributed by atoms with Gasteiger partial charge in [-0.05, 0) is 50.4 Å². The molecule has 0 atom stereocenters. The molecule has 0 aromatic rings. The van der Waals surface area contributed by atoms with Gasteiger partial charge in [-0.25, -0.2) is 0 Å². The first-order valence-corrected chi connectivity index (χ1v) is 6.46. The van der Waals surface area contributed by atoms with Crippen molar-refractivity contribution in [2.45, 2.75) is 44.6 Å². The average molecular weight is 237 g/mol. The molecule has 0 bridgehead atoms. The molecule has 1 amide bonds. The summed E-state index contributed by atoms with van der Waals surface area (Å²) in [5.41, 5.74) is 4.91. The van der Waals surface area contributed by atoms with E-state index in [1.807, 2.05) is 0 Å². The number of carbonyl (C=O) groups excluding carboxylic acids is 1. The van der Waals surface area contributed by atoms with Crippen molar-refractivity contribution in [2.24, 2.45) is 28.1 Å². The summed E-state index contributed by atoms with van der Waals surface area (Å²) >= 11 is 0. The highest BCUT2D eigenvalue weighted by molar-refractivity contribution is 6.09. The Kier molecular flexibility index (Phi) is 2.31. The predicted molar refractivity (Wildman–Crippen MR) is 62.5 cm³/mol. The standard InChI is InChI=1S/C12H19N3O2/c13-10(15-17)12(5-6-12)11(16)14-9(7-1-2-7)8-3-4-8/h7-9,17H,1-6H2,(H2,13,15)(H,14,16). The first-order valence-electron chi connectivity index (χ1n) is 6.46. The second-order valence-electron chi connectivity index (χ2n) is 5.74. The quantitative estimate of drug-likeness (QED) is 0.286. The van der Waals surface area contributed by atoms with Crippen LogP contribution in [0.4, 0.5) is 0 Å². The zero-order valence-corrected chi connectivity index (χ0v) is 9.85. The third-order valence-corrected chi connectivity index (χ3v) is 4.34. The van der Waals surface area contributed by atoms with E-state index in [0.29, 0.717) is 30.7 Å². The molecule has 3 rings (SSSR count). The van der Waals surface area contributed by atoms with E-state index < -0.39 is 5.41 Å². The van der Waals surface area contributed by atoms with Gasteiger partial charge < -0.3 is 16.3 Å². The van der Waals surface area contributed by atoms with Crippen LogP contribution in [-0.2, 0) is 4.79 Å². The van der Waals surface area contributed by atoms with Gasteiger partial charge >= 0.3 is 0 Å². The molecule has 5 heteroatoms. The number of nitrogens with one attached hydrogen (secondary N) is 1. The van der Waals surface area contributed by atoms with Gasteiger partial charge in [0.1, 0.15) is 5.41 Å². The lowest BCUT2D eigenvalue weighted by Gasteiger charge is -2.21. The average Bonchev–Trinajstić information content (AvgIpc) is 3.19. The summed E-state index contributed by atoms with van der Waals surface area (Å²) in [5.74, 6) is 1.39. The van der Waals surface area contributed by atoms with Crippen LogP contribution in [0, 0.1) is 17.3 Å². The van der Waals surface area contributed by atoms with E-state index in [1.165, 1.54) is 25.7 Å². The number of amidine groups is 1. The largest absolute Gasteiger partial charge is 0.409 e. The molecule has 0 spiro atoms. The minimum absolute atomic E-state index is 0.0309. The summed E-state index contributed by atoms with van der Waals surface area (Å²) in [6.07, 6.45) is 6.35. The molecule has 0 radical (unpaired) electrons. The summed E-state index contributed by atoms with van der Waals surface area (Å²) < 4.78 is 0. The minimum atomic E-state index is -0.698. The van der Waals surface area contributed by atoms with E-state index in [-0.39, 0.29) is 11.7 Å². The van der Waals surface area contributed by atoms with Gasteiger partial charge in [0, 0.05) is 6.04 Å². The molecule has 3 fully saturated rings. The van der Waals surface area contributed by atoms with Crippen molar-refractivity contribution in [2.75, 3.05) is 0 Å². The van der Waals surface area contributed by atoms with Gasteiger partial charge in [0.25, 0.3) is 0 Å². The van der Waals surface area contributed by atoms with Crippen LogP contribution in [0.25, 0.3) is 0 Å². The molecule has 0 heterocycles. The number of amides is 1. The van der Waals surface area contributed by atoms with Crippen LogP contribution in [0.1, 0.15) is 38.5 Å². The van der Waals surface area contributed by atoms with E-state index in [2.05, 4.69) is 10.5 Å². The summed E-state index contributed by atoms with van der Waals surface area (Å²) in [7, 11) is 0. The molecule has 5 nitrogen and oxygen atoms in total. The van der Waals surface area contributed by atoms with E-state index in [0.717, 1.165) is 0 Å². The maximum absolute atomic E-state index is 12.2. The number of carbonyl (C=O) groups is 1. The van der Waals surface area contributed by atoms with Crippen LogP contribution < -0.4 is 11.1 Å². The first kappa shape index (κ1) is 10.9. The van der Waals surface area contributed by atoms with Crippen LogP contribution in [0.2, 0.25) is 0 Å². The second kappa shape index (κ2) is 3.62. The van der Waals surface area contributed by atoms with Gasteiger partial charge in [-0.2, -0.15) is 0 Å². The minimum Gasteiger partial charge on any atom is -0.409 e. The van der Waals surface area contributed by atoms with Crippen molar-refractivity contribution >= 4 is 11.7 Å². The molecule has 0 saturated heterocycles. The molecule has 3 saturated carbocycles. The molecule has 94 valence electrons. The van der Waals surface area contributed by atoms with Crippen molar-refractivity contribution in [1.82, 2.24) is 5.32 Å². The maximum Gasteiger partial charge on any atom is 0.234 e. The van der Waals surface area contributed by atoms with Crippen LogP contribution in [0.5, 0.6) is 0 Å². The first-order chi connectivity index (χ1) is 8.17. The van der Waals surface area contributed by atoms with Crippen LogP contribution in [0.15, 0.2) is 5.16 Å². The highest BCUT2D eigenvalue weighted by Crippen LogP contribution is 2.48. The fourth-order valence-electron chi connectivity index (χ4n) is 2.64. The topological polar surface area (TPSA) is 87.7 Å². The van der Waals surface area contributed by atoms with Gasteiger partial charge in [0.2, 0.25) is 5.91 Å². The molecular weight excluding hydrogens is 218 g/mol. The molecule has 3 aliphatic rings. The highest BCUT2D eigenvalue weighted by Gasteiger charge is 2.55. The molecule has 0 aromatic heterocycles. The number of hydrogen-bond donors (Lipinski definition) is 3. The van der Waals surface area contributed by atoms with Crippen molar-refractivity contribution in [3.8, 4) is 0 Å². The Morgan fingerprint density at radius 2 is 1.82 bits per heavy atom. The zero-order chi connectivity index (χ0) is 12.0. The van der Waals surface area contributed by atoms with Gasteiger partial charge in [-0.15, -0.1) is 0 Å². The van der Waals surface area contributed by atoms with E-state index >= 15 is 0 Å². The van der Waals surface area contributed by atoms with E-state index in [9.17, 15) is 4.79 Å². The lowest BCUT2D eigenvalue weighted by molar-refractivity contribution is -0.125. The monoisotopic (exact) mass is 237 g/mol.